The fourth-order valence-corrected chi connectivity index (χ4v) is 2.21. The van der Waals surface area contributed by atoms with Gasteiger partial charge in [-0.25, -0.2) is 0 Å². The van der Waals surface area contributed by atoms with Crippen LogP contribution in [0.4, 0.5) is 0 Å². The third kappa shape index (κ3) is 3.37. The van der Waals surface area contributed by atoms with Gasteiger partial charge in [-0.1, -0.05) is 0 Å². The van der Waals surface area contributed by atoms with Crippen molar-refractivity contribution >= 4 is 0 Å². The predicted octanol–water partition coefficient (Wildman–Crippen LogP) is 1.65. The Morgan fingerprint density at radius 2 is 2.22 bits per heavy atom. The van der Waals surface area contributed by atoms with E-state index in [2.05, 4.69) is 5.32 Å². The van der Waals surface area contributed by atoms with E-state index in [1.54, 1.807) is 19.2 Å². The van der Waals surface area contributed by atoms with Gasteiger partial charge in [0.1, 0.15) is 11.5 Å². The second-order valence-corrected chi connectivity index (χ2v) is 4.83. The van der Waals surface area contributed by atoms with Gasteiger partial charge >= 0.3 is 0 Å². The SMILES string of the molecule is COc1ccc(O)c(CNC(CCO)C2CC2)c1. The van der Waals surface area contributed by atoms with Crippen molar-refractivity contribution in [3.63, 3.8) is 0 Å². The molecule has 2 rings (SSSR count). The minimum atomic E-state index is 0.207. The van der Waals surface area contributed by atoms with Crippen LogP contribution < -0.4 is 10.1 Å². The number of ether oxygens (including phenoxy) is 1. The minimum Gasteiger partial charge on any atom is -0.508 e. The quantitative estimate of drug-likeness (QED) is 0.689. The van der Waals surface area contributed by atoms with Gasteiger partial charge in [0.05, 0.1) is 7.11 Å². The van der Waals surface area contributed by atoms with Crippen molar-refractivity contribution in [1.29, 1.82) is 0 Å². The van der Waals surface area contributed by atoms with Crippen LogP contribution >= 0.6 is 0 Å². The second kappa shape index (κ2) is 6.07. The number of rotatable bonds is 7. The van der Waals surface area contributed by atoms with Crippen LogP contribution in [0.2, 0.25) is 0 Å². The van der Waals surface area contributed by atoms with E-state index >= 15 is 0 Å². The Morgan fingerprint density at radius 3 is 2.83 bits per heavy atom. The van der Waals surface area contributed by atoms with E-state index in [0.717, 1.165) is 17.7 Å². The van der Waals surface area contributed by atoms with Gasteiger partial charge in [-0.3, -0.25) is 0 Å². The molecule has 1 saturated carbocycles. The number of phenolic OH excluding ortho intramolecular Hbond substituents is 1. The van der Waals surface area contributed by atoms with Crippen LogP contribution in [0.15, 0.2) is 18.2 Å². The smallest absolute Gasteiger partial charge is 0.120 e. The highest BCUT2D eigenvalue weighted by Crippen LogP contribution is 2.34. The van der Waals surface area contributed by atoms with Crippen molar-refractivity contribution in [1.82, 2.24) is 5.32 Å². The van der Waals surface area contributed by atoms with Crippen LogP contribution in [0, 0.1) is 5.92 Å². The van der Waals surface area contributed by atoms with Crippen LogP contribution in [0.3, 0.4) is 0 Å². The summed E-state index contributed by atoms with van der Waals surface area (Å²) in [6.45, 7) is 0.808. The molecule has 1 fully saturated rings. The van der Waals surface area contributed by atoms with Crippen LogP contribution in [-0.4, -0.2) is 30.0 Å². The summed E-state index contributed by atoms with van der Waals surface area (Å²) >= 11 is 0. The first-order valence-corrected chi connectivity index (χ1v) is 6.44. The maximum atomic E-state index is 9.78. The molecule has 0 radical (unpaired) electrons. The molecule has 1 atom stereocenters. The molecule has 0 heterocycles. The maximum Gasteiger partial charge on any atom is 0.120 e. The zero-order valence-corrected chi connectivity index (χ0v) is 10.7. The van der Waals surface area contributed by atoms with Crippen molar-refractivity contribution in [2.45, 2.75) is 31.8 Å². The zero-order chi connectivity index (χ0) is 13.0. The number of aliphatic hydroxyl groups excluding tert-OH is 1. The molecule has 4 nitrogen and oxygen atoms in total. The summed E-state index contributed by atoms with van der Waals surface area (Å²) in [6.07, 6.45) is 3.25. The van der Waals surface area contributed by atoms with Gasteiger partial charge in [0, 0.05) is 24.8 Å². The normalized spacial score (nSPS) is 16.6. The van der Waals surface area contributed by atoms with Crippen LogP contribution in [0.1, 0.15) is 24.8 Å². The molecule has 0 spiro atoms. The van der Waals surface area contributed by atoms with Crippen molar-refractivity contribution in [3.05, 3.63) is 23.8 Å². The first-order valence-electron chi connectivity index (χ1n) is 6.44. The number of benzene rings is 1. The Hall–Kier alpha value is -1.26. The maximum absolute atomic E-state index is 9.78. The molecule has 1 unspecified atom stereocenters. The fraction of sp³-hybridized carbons (Fsp3) is 0.571. The van der Waals surface area contributed by atoms with Gasteiger partial charge in [0.2, 0.25) is 0 Å². The lowest BCUT2D eigenvalue weighted by Gasteiger charge is -2.17. The molecule has 1 aliphatic rings. The van der Waals surface area contributed by atoms with E-state index in [1.807, 2.05) is 6.07 Å². The molecule has 0 bridgehead atoms. The van der Waals surface area contributed by atoms with Crippen molar-refractivity contribution in [2.24, 2.45) is 5.92 Å². The van der Waals surface area contributed by atoms with Crippen LogP contribution in [0.5, 0.6) is 11.5 Å². The van der Waals surface area contributed by atoms with Gasteiger partial charge in [0.25, 0.3) is 0 Å². The number of aliphatic hydroxyl groups is 1. The number of aromatic hydroxyl groups is 1. The molecule has 3 N–H and O–H groups in total. The highest BCUT2D eigenvalue weighted by atomic mass is 16.5. The molecule has 4 heteroatoms. The van der Waals surface area contributed by atoms with Gasteiger partial charge in [-0.15, -0.1) is 0 Å². The minimum absolute atomic E-state index is 0.207. The second-order valence-electron chi connectivity index (χ2n) is 4.83. The topological polar surface area (TPSA) is 61.7 Å². The number of methoxy groups -OCH3 is 1. The summed E-state index contributed by atoms with van der Waals surface area (Å²) in [4.78, 5) is 0. The third-order valence-corrected chi connectivity index (χ3v) is 3.47. The molecule has 18 heavy (non-hydrogen) atoms. The van der Waals surface area contributed by atoms with Crippen LogP contribution in [-0.2, 0) is 6.54 Å². The zero-order valence-electron chi connectivity index (χ0n) is 10.7. The average molecular weight is 251 g/mol. The Balaban J connectivity index is 1.95. The number of phenols is 1. The van der Waals surface area contributed by atoms with Crippen molar-refractivity contribution in [2.75, 3.05) is 13.7 Å². The number of hydrogen-bond donors (Lipinski definition) is 3. The Labute approximate surface area is 108 Å². The highest BCUT2D eigenvalue weighted by Gasteiger charge is 2.30. The molecule has 100 valence electrons. The molecular weight excluding hydrogens is 230 g/mol. The fourth-order valence-electron chi connectivity index (χ4n) is 2.21. The summed E-state index contributed by atoms with van der Waals surface area (Å²) in [7, 11) is 1.61. The largest absolute Gasteiger partial charge is 0.508 e. The third-order valence-electron chi connectivity index (χ3n) is 3.47. The lowest BCUT2D eigenvalue weighted by molar-refractivity contribution is 0.255. The van der Waals surface area contributed by atoms with E-state index in [9.17, 15) is 5.11 Å². The summed E-state index contributed by atoms with van der Waals surface area (Å²) < 4.78 is 5.15. The van der Waals surface area contributed by atoms with E-state index in [1.165, 1.54) is 12.8 Å². The van der Waals surface area contributed by atoms with Crippen LogP contribution in [0.25, 0.3) is 0 Å². The van der Waals surface area contributed by atoms with Gasteiger partial charge < -0.3 is 20.3 Å². The molecule has 0 aliphatic heterocycles. The molecule has 0 saturated heterocycles. The van der Waals surface area contributed by atoms with Gasteiger partial charge in [0.15, 0.2) is 0 Å². The van der Waals surface area contributed by atoms with Gasteiger partial charge in [-0.2, -0.15) is 0 Å². The Bertz CT molecular complexity index is 391. The molecule has 1 aliphatic carbocycles. The van der Waals surface area contributed by atoms with E-state index in [4.69, 9.17) is 9.84 Å². The summed E-state index contributed by atoms with van der Waals surface area (Å²) in [5.74, 6) is 1.71. The first kappa shape index (κ1) is 13.2. The van der Waals surface area contributed by atoms with E-state index in [0.29, 0.717) is 18.5 Å². The van der Waals surface area contributed by atoms with Gasteiger partial charge in [-0.05, 0) is 43.4 Å². The van der Waals surface area contributed by atoms with Crippen molar-refractivity contribution < 1.29 is 14.9 Å². The first-order chi connectivity index (χ1) is 8.74. The predicted molar refractivity (Wildman–Crippen MR) is 69.7 cm³/mol. The summed E-state index contributed by atoms with van der Waals surface area (Å²) in [5, 5.41) is 22.2. The number of hydrogen-bond acceptors (Lipinski definition) is 4. The lowest BCUT2D eigenvalue weighted by Crippen LogP contribution is -2.31. The highest BCUT2D eigenvalue weighted by molar-refractivity contribution is 5.39. The molecular formula is C14H21NO3. The summed E-state index contributed by atoms with van der Waals surface area (Å²) in [6, 6.07) is 5.57. The average Bonchev–Trinajstić information content (AvgIpc) is 3.20. The summed E-state index contributed by atoms with van der Waals surface area (Å²) in [5.41, 5.74) is 0.831. The van der Waals surface area contributed by atoms with E-state index in [-0.39, 0.29) is 12.4 Å². The number of nitrogens with one attached hydrogen (secondary N) is 1. The Kier molecular flexibility index (Phi) is 4.44. The molecule has 0 aromatic heterocycles. The van der Waals surface area contributed by atoms with E-state index < -0.39 is 0 Å². The molecule has 1 aromatic carbocycles. The standard InChI is InChI=1S/C14H21NO3/c1-18-12-4-5-14(17)11(8-12)9-15-13(6-7-16)10-2-3-10/h4-5,8,10,13,15-17H,2-3,6-7,9H2,1H3. The molecule has 1 aromatic rings. The lowest BCUT2D eigenvalue weighted by atomic mass is 10.1. The monoisotopic (exact) mass is 251 g/mol. The van der Waals surface area contributed by atoms with Crippen molar-refractivity contribution in [3.8, 4) is 11.5 Å². The molecule has 0 amide bonds. The Morgan fingerprint density at radius 1 is 1.44 bits per heavy atom.